The molecule has 0 radical (unpaired) electrons. The summed E-state index contributed by atoms with van der Waals surface area (Å²) in [5.41, 5.74) is 0.200. The van der Waals surface area contributed by atoms with E-state index in [0.29, 0.717) is 0 Å². The zero-order valence-corrected chi connectivity index (χ0v) is 7.53. The molecular weight excluding hydrogens is 228 g/mol. The molecule has 1 rings (SSSR count). The maximum atomic E-state index is 12.8. The van der Waals surface area contributed by atoms with E-state index in [-0.39, 0.29) is 16.5 Å². The van der Waals surface area contributed by atoms with Gasteiger partial charge in [-0.2, -0.15) is 5.26 Å². The Kier molecular flexibility index (Phi) is 2.77. The van der Waals surface area contributed by atoms with Gasteiger partial charge in [0.25, 0.3) is 0 Å². The molecule has 1 aromatic carbocycles. The van der Waals surface area contributed by atoms with Gasteiger partial charge < -0.3 is 0 Å². The molecule has 12 heavy (non-hydrogen) atoms. The summed E-state index contributed by atoms with van der Waals surface area (Å²) in [5.74, 6) is -1.34. The quantitative estimate of drug-likeness (QED) is 0.683. The Bertz CT molecular complexity index is 344. The summed E-state index contributed by atoms with van der Waals surface area (Å²) in [6.07, 6.45) is -0.0509. The molecule has 0 aliphatic heterocycles. The molecule has 0 N–H and O–H groups in total. The molecule has 4 heteroatoms. The fourth-order valence-corrected chi connectivity index (χ4v) is 1.18. The van der Waals surface area contributed by atoms with Crippen LogP contribution in [-0.2, 0) is 6.42 Å². The van der Waals surface area contributed by atoms with Crippen molar-refractivity contribution >= 4 is 15.9 Å². The van der Waals surface area contributed by atoms with Crippen LogP contribution >= 0.6 is 15.9 Å². The maximum absolute atomic E-state index is 12.8. The summed E-state index contributed by atoms with van der Waals surface area (Å²) in [6, 6.07) is 3.82. The molecule has 0 saturated heterocycles. The maximum Gasteiger partial charge on any atom is 0.140 e. The summed E-state index contributed by atoms with van der Waals surface area (Å²) < 4.78 is 25.6. The normalized spacial score (nSPS) is 9.50. The van der Waals surface area contributed by atoms with Crippen LogP contribution in [0.3, 0.4) is 0 Å². The Morgan fingerprint density at radius 1 is 1.33 bits per heavy atom. The van der Waals surface area contributed by atoms with Crippen LogP contribution in [0.15, 0.2) is 16.6 Å². The summed E-state index contributed by atoms with van der Waals surface area (Å²) in [5, 5.41) is 8.28. The van der Waals surface area contributed by atoms with Crippen molar-refractivity contribution in [3.8, 4) is 6.07 Å². The van der Waals surface area contributed by atoms with Crippen molar-refractivity contribution in [2.75, 3.05) is 0 Å². The number of benzene rings is 1. The molecule has 0 aromatic heterocycles. The molecule has 0 aliphatic carbocycles. The van der Waals surface area contributed by atoms with Crippen molar-refractivity contribution < 1.29 is 8.78 Å². The molecule has 0 heterocycles. The predicted octanol–water partition coefficient (Wildman–Crippen LogP) is 2.79. The van der Waals surface area contributed by atoms with Gasteiger partial charge in [-0.1, -0.05) is 0 Å². The number of halogens is 3. The standard InChI is InChI=1S/C8H4BrF2N/c9-6-3-5(1-2-12)7(10)4-8(6)11/h3-4H,1H2. The lowest BCUT2D eigenvalue weighted by molar-refractivity contribution is 0.571. The van der Waals surface area contributed by atoms with E-state index in [4.69, 9.17) is 5.26 Å². The highest BCUT2D eigenvalue weighted by Gasteiger charge is 2.06. The summed E-state index contributed by atoms with van der Waals surface area (Å²) >= 11 is 2.90. The van der Waals surface area contributed by atoms with E-state index in [1.165, 1.54) is 6.07 Å². The third-order valence-corrected chi connectivity index (χ3v) is 1.97. The Balaban J connectivity index is 3.16. The van der Waals surface area contributed by atoms with Crippen LogP contribution in [0, 0.1) is 23.0 Å². The average Bonchev–Trinajstić information content (AvgIpc) is 2.01. The van der Waals surface area contributed by atoms with Crippen molar-refractivity contribution in [1.82, 2.24) is 0 Å². The van der Waals surface area contributed by atoms with E-state index in [9.17, 15) is 8.78 Å². The van der Waals surface area contributed by atoms with E-state index < -0.39 is 11.6 Å². The molecule has 0 atom stereocenters. The van der Waals surface area contributed by atoms with Crippen molar-refractivity contribution in [3.63, 3.8) is 0 Å². The Morgan fingerprint density at radius 3 is 2.58 bits per heavy atom. The Morgan fingerprint density at radius 2 is 2.00 bits per heavy atom. The van der Waals surface area contributed by atoms with Gasteiger partial charge >= 0.3 is 0 Å². The fourth-order valence-electron chi connectivity index (χ4n) is 0.784. The van der Waals surface area contributed by atoms with E-state index in [1.54, 1.807) is 6.07 Å². The Hall–Kier alpha value is -0.950. The monoisotopic (exact) mass is 231 g/mol. The van der Waals surface area contributed by atoms with Crippen molar-refractivity contribution in [2.45, 2.75) is 6.42 Å². The first-order valence-corrected chi connectivity index (χ1v) is 3.95. The van der Waals surface area contributed by atoms with Crippen molar-refractivity contribution in [2.24, 2.45) is 0 Å². The lowest BCUT2D eigenvalue weighted by atomic mass is 10.1. The lowest BCUT2D eigenvalue weighted by Crippen LogP contribution is -1.91. The minimum atomic E-state index is -0.683. The molecule has 0 fully saturated rings. The third kappa shape index (κ3) is 1.80. The topological polar surface area (TPSA) is 23.8 Å². The number of hydrogen-bond acceptors (Lipinski definition) is 1. The molecule has 1 nitrogen and oxygen atoms in total. The molecule has 62 valence electrons. The van der Waals surface area contributed by atoms with Gasteiger partial charge in [0, 0.05) is 11.6 Å². The highest BCUT2D eigenvalue weighted by atomic mass is 79.9. The number of nitriles is 1. The molecule has 0 saturated carbocycles. The van der Waals surface area contributed by atoms with Crippen LogP contribution in [0.2, 0.25) is 0 Å². The minimum absolute atomic E-state index is 0.0509. The first-order chi connectivity index (χ1) is 5.65. The van der Waals surface area contributed by atoms with E-state index in [2.05, 4.69) is 15.9 Å². The lowest BCUT2D eigenvalue weighted by Gasteiger charge is -1.99. The fraction of sp³-hybridized carbons (Fsp3) is 0.125. The van der Waals surface area contributed by atoms with Gasteiger partial charge in [-0.05, 0) is 22.0 Å². The van der Waals surface area contributed by atoms with Gasteiger partial charge in [0.1, 0.15) is 11.6 Å². The van der Waals surface area contributed by atoms with Gasteiger partial charge in [-0.25, -0.2) is 8.78 Å². The minimum Gasteiger partial charge on any atom is -0.207 e. The molecule has 0 aliphatic rings. The van der Waals surface area contributed by atoms with Crippen molar-refractivity contribution in [3.05, 3.63) is 33.8 Å². The second kappa shape index (κ2) is 3.63. The highest BCUT2D eigenvalue weighted by molar-refractivity contribution is 9.10. The Labute approximate surface area is 76.8 Å². The predicted molar refractivity (Wildman–Crippen MR) is 43.4 cm³/mol. The SMILES string of the molecule is N#CCc1cc(Br)c(F)cc1F. The van der Waals surface area contributed by atoms with Crippen LogP contribution in [0.5, 0.6) is 0 Å². The van der Waals surface area contributed by atoms with Crippen LogP contribution in [0.1, 0.15) is 5.56 Å². The number of rotatable bonds is 1. The van der Waals surface area contributed by atoms with E-state index >= 15 is 0 Å². The molecule has 0 unspecified atom stereocenters. The van der Waals surface area contributed by atoms with Gasteiger partial charge in [0.15, 0.2) is 0 Å². The highest BCUT2D eigenvalue weighted by Crippen LogP contribution is 2.19. The van der Waals surface area contributed by atoms with Crippen LogP contribution in [0.25, 0.3) is 0 Å². The van der Waals surface area contributed by atoms with Gasteiger partial charge in [0.2, 0.25) is 0 Å². The third-order valence-electron chi connectivity index (χ3n) is 1.36. The van der Waals surface area contributed by atoms with Crippen molar-refractivity contribution in [1.29, 1.82) is 5.26 Å². The number of nitrogens with zero attached hydrogens (tertiary/aromatic N) is 1. The second-order valence-corrected chi connectivity index (χ2v) is 3.05. The van der Waals surface area contributed by atoms with Crippen LogP contribution in [-0.4, -0.2) is 0 Å². The molecule has 1 aromatic rings. The summed E-state index contributed by atoms with van der Waals surface area (Å²) in [4.78, 5) is 0. The smallest absolute Gasteiger partial charge is 0.140 e. The second-order valence-electron chi connectivity index (χ2n) is 2.19. The van der Waals surface area contributed by atoms with Gasteiger partial charge in [0.05, 0.1) is 17.0 Å². The summed E-state index contributed by atoms with van der Waals surface area (Å²) in [7, 11) is 0. The molecule has 0 bridgehead atoms. The molecular formula is C8H4BrF2N. The van der Waals surface area contributed by atoms with Gasteiger partial charge in [-0.15, -0.1) is 0 Å². The van der Waals surface area contributed by atoms with E-state index in [0.717, 1.165) is 6.07 Å². The zero-order valence-electron chi connectivity index (χ0n) is 5.94. The summed E-state index contributed by atoms with van der Waals surface area (Å²) in [6.45, 7) is 0. The number of hydrogen-bond donors (Lipinski definition) is 0. The average molecular weight is 232 g/mol. The molecule has 0 spiro atoms. The van der Waals surface area contributed by atoms with E-state index in [1.807, 2.05) is 0 Å². The largest absolute Gasteiger partial charge is 0.207 e. The molecule has 0 amide bonds. The zero-order chi connectivity index (χ0) is 9.14. The van der Waals surface area contributed by atoms with Crippen LogP contribution < -0.4 is 0 Å². The first kappa shape index (κ1) is 9.14. The first-order valence-electron chi connectivity index (χ1n) is 3.15. The van der Waals surface area contributed by atoms with Crippen LogP contribution in [0.4, 0.5) is 8.78 Å². The van der Waals surface area contributed by atoms with Gasteiger partial charge in [-0.3, -0.25) is 0 Å².